The molecule has 108 valence electrons. The number of aliphatic hydroxyl groups excluding tert-OH is 1. The summed E-state index contributed by atoms with van der Waals surface area (Å²) in [6, 6.07) is 5.23. The van der Waals surface area contributed by atoms with E-state index in [0.717, 1.165) is 37.9 Å². The van der Waals surface area contributed by atoms with Gasteiger partial charge in [0.15, 0.2) is 0 Å². The first-order valence-corrected chi connectivity index (χ1v) is 7.00. The highest BCUT2D eigenvalue weighted by Crippen LogP contribution is 2.20. The van der Waals surface area contributed by atoms with E-state index in [1.807, 2.05) is 18.0 Å². The number of halogens is 1. The van der Waals surface area contributed by atoms with Gasteiger partial charge in [-0.25, -0.2) is 4.39 Å². The van der Waals surface area contributed by atoms with E-state index in [-0.39, 0.29) is 12.4 Å². The normalized spacial score (nSPS) is 10.7. The Bertz CT molecular complexity index is 371. The minimum Gasteiger partial charge on any atom is -0.396 e. The Labute approximate surface area is 115 Å². The second-order valence-electron chi connectivity index (χ2n) is 4.81. The topological polar surface area (TPSA) is 35.5 Å². The van der Waals surface area contributed by atoms with Gasteiger partial charge in [0.25, 0.3) is 0 Å². The summed E-state index contributed by atoms with van der Waals surface area (Å²) in [5.74, 6) is -0.169. The molecule has 0 spiro atoms. The van der Waals surface area contributed by atoms with E-state index < -0.39 is 0 Å². The van der Waals surface area contributed by atoms with E-state index in [4.69, 9.17) is 5.11 Å². The minimum absolute atomic E-state index is 0.169. The van der Waals surface area contributed by atoms with Crippen molar-refractivity contribution in [1.29, 1.82) is 0 Å². The Morgan fingerprint density at radius 2 is 2.11 bits per heavy atom. The van der Waals surface area contributed by atoms with E-state index in [1.165, 1.54) is 6.07 Å². The van der Waals surface area contributed by atoms with Crippen LogP contribution in [0.25, 0.3) is 0 Å². The number of hydrogen-bond donors (Lipinski definition) is 2. The number of hydrogen-bond acceptors (Lipinski definition) is 3. The van der Waals surface area contributed by atoms with Crippen molar-refractivity contribution in [1.82, 2.24) is 5.32 Å². The number of anilines is 1. The average molecular weight is 268 g/mol. The molecule has 3 nitrogen and oxygen atoms in total. The van der Waals surface area contributed by atoms with E-state index >= 15 is 0 Å². The Hall–Kier alpha value is -1.13. The van der Waals surface area contributed by atoms with Gasteiger partial charge in [-0.1, -0.05) is 19.4 Å². The van der Waals surface area contributed by atoms with Crippen LogP contribution in [0.4, 0.5) is 10.1 Å². The standard InChI is InChI=1S/C15H25FN2O/c1-3-4-9-18(2)15-11-13(6-7-14(15)16)12-17-8-5-10-19/h6-7,11,17,19H,3-5,8-10,12H2,1-2H3. The van der Waals surface area contributed by atoms with Gasteiger partial charge in [-0.05, 0) is 37.1 Å². The summed E-state index contributed by atoms with van der Waals surface area (Å²) < 4.78 is 13.8. The van der Waals surface area contributed by atoms with Crippen LogP contribution in [-0.4, -0.2) is 31.9 Å². The zero-order valence-electron chi connectivity index (χ0n) is 12.0. The molecule has 0 bridgehead atoms. The third-order valence-corrected chi connectivity index (χ3v) is 3.11. The maximum Gasteiger partial charge on any atom is 0.146 e. The second-order valence-corrected chi connectivity index (χ2v) is 4.81. The van der Waals surface area contributed by atoms with Crippen LogP contribution < -0.4 is 10.2 Å². The summed E-state index contributed by atoms with van der Waals surface area (Å²) in [6.45, 7) is 4.67. The molecule has 0 aromatic heterocycles. The summed E-state index contributed by atoms with van der Waals surface area (Å²) in [5.41, 5.74) is 1.73. The quantitative estimate of drug-likeness (QED) is 0.676. The molecule has 0 saturated heterocycles. The molecule has 19 heavy (non-hydrogen) atoms. The minimum atomic E-state index is -0.169. The molecule has 1 rings (SSSR count). The number of nitrogens with one attached hydrogen (secondary N) is 1. The number of unbranched alkanes of at least 4 members (excludes halogenated alkanes) is 1. The van der Waals surface area contributed by atoms with E-state index in [9.17, 15) is 4.39 Å². The lowest BCUT2D eigenvalue weighted by molar-refractivity contribution is 0.286. The van der Waals surface area contributed by atoms with Gasteiger partial charge in [0.1, 0.15) is 5.82 Å². The van der Waals surface area contributed by atoms with Crippen LogP contribution >= 0.6 is 0 Å². The van der Waals surface area contributed by atoms with Gasteiger partial charge in [0, 0.05) is 26.7 Å². The molecule has 0 aliphatic rings. The zero-order chi connectivity index (χ0) is 14.1. The Balaban J connectivity index is 2.60. The summed E-state index contributed by atoms with van der Waals surface area (Å²) in [6.07, 6.45) is 2.91. The molecule has 0 saturated carbocycles. The van der Waals surface area contributed by atoms with Crippen molar-refractivity contribution >= 4 is 5.69 Å². The fourth-order valence-corrected chi connectivity index (χ4v) is 1.91. The maximum atomic E-state index is 13.8. The molecule has 1 aromatic rings. The van der Waals surface area contributed by atoms with Crippen LogP contribution in [0.1, 0.15) is 31.7 Å². The fraction of sp³-hybridized carbons (Fsp3) is 0.600. The molecule has 0 fully saturated rings. The average Bonchev–Trinajstić information content (AvgIpc) is 2.42. The van der Waals surface area contributed by atoms with Gasteiger partial charge in [0.05, 0.1) is 5.69 Å². The van der Waals surface area contributed by atoms with Crippen LogP contribution in [0, 0.1) is 5.82 Å². The molecule has 0 atom stereocenters. The van der Waals surface area contributed by atoms with Crippen LogP contribution in [0.15, 0.2) is 18.2 Å². The molecular weight excluding hydrogens is 243 g/mol. The molecule has 0 amide bonds. The van der Waals surface area contributed by atoms with Crippen molar-refractivity contribution in [3.05, 3.63) is 29.6 Å². The number of aliphatic hydroxyl groups is 1. The van der Waals surface area contributed by atoms with Crippen molar-refractivity contribution in [3.63, 3.8) is 0 Å². The lowest BCUT2D eigenvalue weighted by Gasteiger charge is -2.20. The van der Waals surface area contributed by atoms with Crippen molar-refractivity contribution in [2.24, 2.45) is 0 Å². The van der Waals surface area contributed by atoms with Crippen molar-refractivity contribution in [2.75, 3.05) is 31.6 Å². The predicted molar refractivity (Wildman–Crippen MR) is 78.0 cm³/mol. The van der Waals surface area contributed by atoms with Gasteiger partial charge in [-0.2, -0.15) is 0 Å². The summed E-state index contributed by atoms with van der Waals surface area (Å²) in [7, 11) is 1.93. The van der Waals surface area contributed by atoms with Crippen LogP contribution in [0.3, 0.4) is 0 Å². The second kappa shape index (κ2) is 8.88. The lowest BCUT2D eigenvalue weighted by Crippen LogP contribution is -2.20. The Kier molecular flexibility index (Phi) is 7.45. The van der Waals surface area contributed by atoms with Gasteiger partial charge in [-0.3, -0.25) is 0 Å². The van der Waals surface area contributed by atoms with Crippen LogP contribution in [0.2, 0.25) is 0 Å². The van der Waals surface area contributed by atoms with Gasteiger partial charge in [0.2, 0.25) is 0 Å². The smallest absolute Gasteiger partial charge is 0.146 e. The molecule has 0 radical (unpaired) electrons. The predicted octanol–water partition coefficient (Wildman–Crippen LogP) is 2.53. The first-order chi connectivity index (χ1) is 9.19. The number of rotatable bonds is 9. The highest BCUT2D eigenvalue weighted by molar-refractivity contribution is 5.49. The summed E-state index contributed by atoms with van der Waals surface area (Å²) in [5, 5.41) is 11.9. The zero-order valence-corrected chi connectivity index (χ0v) is 12.0. The summed E-state index contributed by atoms with van der Waals surface area (Å²) >= 11 is 0. The molecule has 0 aliphatic carbocycles. The van der Waals surface area contributed by atoms with E-state index in [0.29, 0.717) is 12.2 Å². The third-order valence-electron chi connectivity index (χ3n) is 3.11. The van der Waals surface area contributed by atoms with E-state index in [2.05, 4.69) is 12.2 Å². The van der Waals surface area contributed by atoms with Gasteiger partial charge >= 0.3 is 0 Å². The highest BCUT2D eigenvalue weighted by Gasteiger charge is 2.08. The van der Waals surface area contributed by atoms with Crippen molar-refractivity contribution in [3.8, 4) is 0 Å². The lowest BCUT2D eigenvalue weighted by atomic mass is 10.1. The number of benzene rings is 1. The first-order valence-electron chi connectivity index (χ1n) is 7.00. The molecule has 0 unspecified atom stereocenters. The van der Waals surface area contributed by atoms with E-state index in [1.54, 1.807) is 6.07 Å². The molecule has 0 heterocycles. The molecule has 4 heteroatoms. The third kappa shape index (κ3) is 5.57. The monoisotopic (exact) mass is 268 g/mol. The molecule has 1 aromatic carbocycles. The van der Waals surface area contributed by atoms with Gasteiger partial charge < -0.3 is 15.3 Å². The highest BCUT2D eigenvalue weighted by atomic mass is 19.1. The van der Waals surface area contributed by atoms with Gasteiger partial charge in [-0.15, -0.1) is 0 Å². The Morgan fingerprint density at radius 1 is 1.32 bits per heavy atom. The summed E-state index contributed by atoms with van der Waals surface area (Å²) in [4.78, 5) is 1.97. The van der Waals surface area contributed by atoms with Crippen LogP contribution in [0.5, 0.6) is 0 Å². The van der Waals surface area contributed by atoms with Crippen molar-refractivity contribution < 1.29 is 9.50 Å². The Morgan fingerprint density at radius 3 is 2.79 bits per heavy atom. The van der Waals surface area contributed by atoms with Crippen molar-refractivity contribution in [2.45, 2.75) is 32.7 Å². The maximum absolute atomic E-state index is 13.8. The molecular formula is C15H25FN2O. The largest absolute Gasteiger partial charge is 0.396 e. The molecule has 0 aliphatic heterocycles. The molecule has 2 N–H and O–H groups in total. The first kappa shape index (κ1) is 15.9. The number of nitrogens with zero attached hydrogens (tertiary/aromatic N) is 1. The fourth-order valence-electron chi connectivity index (χ4n) is 1.91. The SMILES string of the molecule is CCCCN(C)c1cc(CNCCCO)ccc1F. The van der Waals surface area contributed by atoms with Crippen LogP contribution in [-0.2, 0) is 6.54 Å².